The van der Waals surface area contributed by atoms with Gasteiger partial charge in [0.15, 0.2) is 0 Å². The van der Waals surface area contributed by atoms with Gasteiger partial charge in [0.05, 0.1) is 21.3 Å². The van der Waals surface area contributed by atoms with E-state index < -0.39 is 0 Å². The van der Waals surface area contributed by atoms with Gasteiger partial charge >= 0.3 is 0 Å². The number of rotatable bonds is 4. The monoisotopic (exact) mass is 323 g/mol. The molecule has 0 unspecified atom stereocenters. The van der Waals surface area contributed by atoms with Crippen LogP contribution in [0.25, 0.3) is 0 Å². The zero-order valence-electron chi connectivity index (χ0n) is 11.7. The van der Waals surface area contributed by atoms with Crippen LogP contribution in [0.2, 0.25) is 10.0 Å². The van der Waals surface area contributed by atoms with Crippen molar-refractivity contribution in [3.05, 3.63) is 51.6 Å². The van der Waals surface area contributed by atoms with E-state index in [2.05, 4.69) is 15.6 Å². The van der Waals surface area contributed by atoms with E-state index in [1.165, 1.54) is 6.20 Å². The Morgan fingerprint density at radius 3 is 2.67 bits per heavy atom. The topological polar surface area (TPSA) is 54.0 Å². The molecular weight excluding hydrogens is 309 g/mol. The Kier molecular flexibility index (Phi) is 5.04. The van der Waals surface area contributed by atoms with Crippen molar-refractivity contribution in [3.63, 3.8) is 0 Å². The number of nitrogens with one attached hydrogen (secondary N) is 2. The van der Waals surface area contributed by atoms with Crippen LogP contribution in [0.1, 0.15) is 22.8 Å². The lowest BCUT2D eigenvalue weighted by atomic mass is 10.2. The van der Waals surface area contributed by atoms with Gasteiger partial charge in [-0.25, -0.2) is 4.98 Å². The zero-order chi connectivity index (χ0) is 15.4. The number of hydrogen-bond acceptors (Lipinski definition) is 3. The average Bonchev–Trinajstić information content (AvgIpc) is 2.45. The van der Waals surface area contributed by atoms with Gasteiger partial charge in [0.1, 0.15) is 5.82 Å². The standard InChI is InChI=1S/C15H15Cl2N3O/c1-3-18-14-12(17)7-10(8-19-14)15(21)20-13-6-9(2)4-5-11(13)16/h4-8H,3H2,1-2H3,(H,18,19)(H,20,21). The molecule has 2 aromatic rings. The van der Waals surface area contributed by atoms with E-state index in [-0.39, 0.29) is 5.91 Å². The van der Waals surface area contributed by atoms with Crippen molar-refractivity contribution in [1.82, 2.24) is 4.98 Å². The van der Waals surface area contributed by atoms with E-state index in [4.69, 9.17) is 23.2 Å². The molecular formula is C15H15Cl2N3O. The summed E-state index contributed by atoms with van der Waals surface area (Å²) in [7, 11) is 0. The van der Waals surface area contributed by atoms with Crippen LogP contribution in [-0.4, -0.2) is 17.4 Å². The molecule has 2 rings (SSSR count). The molecule has 0 spiro atoms. The molecule has 0 aliphatic carbocycles. The van der Waals surface area contributed by atoms with Crippen LogP contribution in [0.15, 0.2) is 30.5 Å². The van der Waals surface area contributed by atoms with E-state index in [1.807, 2.05) is 26.0 Å². The largest absolute Gasteiger partial charge is 0.369 e. The first kappa shape index (κ1) is 15.6. The molecule has 0 aliphatic rings. The molecule has 0 aliphatic heterocycles. The minimum atomic E-state index is -0.306. The Morgan fingerprint density at radius 1 is 1.24 bits per heavy atom. The summed E-state index contributed by atoms with van der Waals surface area (Å²) in [6.45, 7) is 4.57. The van der Waals surface area contributed by atoms with E-state index >= 15 is 0 Å². The Hall–Kier alpha value is -1.78. The number of nitrogens with zero attached hydrogens (tertiary/aromatic N) is 1. The molecule has 1 amide bonds. The molecule has 6 heteroatoms. The molecule has 1 heterocycles. The van der Waals surface area contributed by atoms with E-state index in [0.717, 1.165) is 5.56 Å². The number of pyridine rings is 1. The Bertz CT molecular complexity index is 674. The number of carbonyl (C=O) groups is 1. The predicted molar refractivity (Wildman–Crippen MR) is 87.6 cm³/mol. The fourth-order valence-electron chi connectivity index (χ4n) is 1.79. The van der Waals surface area contributed by atoms with Crippen LogP contribution < -0.4 is 10.6 Å². The van der Waals surface area contributed by atoms with Crippen molar-refractivity contribution < 1.29 is 4.79 Å². The summed E-state index contributed by atoms with van der Waals surface area (Å²) >= 11 is 12.1. The first-order valence-corrected chi connectivity index (χ1v) is 7.23. The highest BCUT2D eigenvalue weighted by Crippen LogP contribution is 2.24. The summed E-state index contributed by atoms with van der Waals surface area (Å²) in [5.41, 5.74) is 1.95. The van der Waals surface area contributed by atoms with Crippen molar-refractivity contribution in [2.24, 2.45) is 0 Å². The van der Waals surface area contributed by atoms with Crippen molar-refractivity contribution in [1.29, 1.82) is 0 Å². The number of anilines is 2. The SMILES string of the molecule is CCNc1ncc(C(=O)Nc2cc(C)ccc2Cl)cc1Cl. The second kappa shape index (κ2) is 6.78. The summed E-state index contributed by atoms with van der Waals surface area (Å²) < 4.78 is 0. The highest BCUT2D eigenvalue weighted by Gasteiger charge is 2.11. The number of amides is 1. The summed E-state index contributed by atoms with van der Waals surface area (Å²) in [6, 6.07) is 7.00. The lowest BCUT2D eigenvalue weighted by Gasteiger charge is -2.10. The molecule has 4 nitrogen and oxygen atoms in total. The lowest BCUT2D eigenvalue weighted by Crippen LogP contribution is -2.13. The van der Waals surface area contributed by atoms with Crippen molar-refractivity contribution in [3.8, 4) is 0 Å². The van der Waals surface area contributed by atoms with Crippen LogP contribution in [0, 0.1) is 6.92 Å². The van der Waals surface area contributed by atoms with Gasteiger partial charge < -0.3 is 10.6 Å². The third-order valence-corrected chi connectivity index (χ3v) is 3.44. The normalized spacial score (nSPS) is 10.3. The maximum Gasteiger partial charge on any atom is 0.257 e. The summed E-state index contributed by atoms with van der Waals surface area (Å²) in [5, 5.41) is 6.65. The highest BCUT2D eigenvalue weighted by molar-refractivity contribution is 6.34. The number of benzene rings is 1. The van der Waals surface area contributed by atoms with Gasteiger partial charge in [-0.2, -0.15) is 0 Å². The maximum atomic E-state index is 12.2. The van der Waals surface area contributed by atoms with E-state index in [9.17, 15) is 4.79 Å². The van der Waals surface area contributed by atoms with E-state index in [0.29, 0.717) is 33.7 Å². The average molecular weight is 324 g/mol. The fraction of sp³-hybridized carbons (Fsp3) is 0.200. The third kappa shape index (κ3) is 3.86. The van der Waals surface area contributed by atoms with Crippen molar-refractivity contribution in [2.45, 2.75) is 13.8 Å². The van der Waals surface area contributed by atoms with Crippen LogP contribution in [0.3, 0.4) is 0 Å². The third-order valence-electron chi connectivity index (χ3n) is 2.82. The molecule has 0 radical (unpaired) electrons. The maximum absolute atomic E-state index is 12.2. The van der Waals surface area contributed by atoms with Crippen LogP contribution in [0.5, 0.6) is 0 Å². The molecule has 0 fully saturated rings. The number of halogens is 2. The van der Waals surface area contributed by atoms with Gasteiger partial charge in [0.25, 0.3) is 5.91 Å². The minimum absolute atomic E-state index is 0.306. The smallest absolute Gasteiger partial charge is 0.257 e. The Labute approximate surface area is 133 Å². The highest BCUT2D eigenvalue weighted by atomic mass is 35.5. The lowest BCUT2D eigenvalue weighted by molar-refractivity contribution is 0.102. The molecule has 2 N–H and O–H groups in total. The molecule has 0 saturated carbocycles. The summed E-state index contributed by atoms with van der Waals surface area (Å²) in [5.74, 6) is 0.254. The first-order valence-electron chi connectivity index (χ1n) is 6.48. The van der Waals surface area contributed by atoms with Crippen LogP contribution in [0.4, 0.5) is 11.5 Å². The predicted octanol–water partition coefficient (Wildman–Crippen LogP) is 4.38. The Balaban J connectivity index is 2.20. The van der Waals surface area contributed by atoms with Gasteiger partial charge in [0, 0.05) is 12.7 Å². The molecule has 110 valence electrons. The molecule has 1 aromatic heterocycles. The summed E-state index contributed by atoms with van der Waals surface area (Å²) in [6.07, 6.45) is 1.48. The van der Waals surface area contributed by atoms with Gasteiger partial charge in [0.2, 0.25) is 0 Å². The molecule has 0 bridgehead atoms. The molecule has 1 aromatic carbocycles. The van der Waals surface area contributed by atoms with Crippen molar-refractivity contribution in [2.75, 3.05) is 17.2 Å². The van der Waals surface area contributed by atoms with E-state index in [1.54, 1.807) is 12.1 Å². The first-order chi connectivity index (χ1) is 10.0. The second-order valence-electron chi connectivity index (χ2n) is 4.52. The van der Waals surface area contributed by atoms with Crippen LogP contribution >= 0.6 is 23.2 Å². The Morgan fingerprint density at radius 2 is 2.00 bits per heavy atom. The minimum Gasteiger partial charge on any atom is -0.369 e. The van der Waals surface area contributed by atoms with Gasteiger partial charge in [-0.3, -0.25) is 4.79 Å². The number of hydrogen-bond donors (Lipinski definition) is 2. The quantitative estimate of drug-likeness (QED) is 0.877. The van der Waals surface area contributed by atoms with Crippen molar-refractivity contribution >= 4 is 40.6 Å². The number of aryl methyl sites for hydroxylation is 1. The van der Waals surface area contributed by atoms with Gasteiger partial charge in [-0.1, -0.05) is 29.3 Å². The van der Waals surface area contributed by atoms with Gasteiger partial charge in [-0.05, 0) is 37.6 Å². The molecule has 0 saturated heterocycles. The van der Waals surface area contributed by atoms with Gasteiger partial charge in [-0.15, -0.1) is 0 Å². The fourth-order valence-corrected chi connectivity index (χ4v) is 2.19. The number of carbonyl (C=O) groups excluding carboxylic acids is 1. The second-order valence-corrected chi connectivity index (χ2v) is 5.34. The van der Waals surface area contributed by atoms with Crippen LogP contribution in [-0.2, 0) is 0 Å². The molecule has 0 atom stereocenters. The zero-order valence-corrected chi connectivity index (χ0v) is 13.2. The number of aromatic nitrogens is 1. The molecule has 21 heavy (non-hydrogen) atoms. The summed E-state index contributed by atoms with van der Waals surface area (Å²) in [4.78, 5) is 16.3.